The second-order valence-electron chi connectivity index (χ2n) is 6.46. The molecule has 0 fully saturated rings. The lowest BCUT2D eigenvalue weighted by Crippen LogP contribution is -2.38. The van der Waals surface area contributed by atoms with Crippen LogP contribution in [-0.4, -0.2) is 42.8 Å². The highest BCUT2D eigenvalue weighted by Gasteiger charge is 2.27. The first-order valence-corrected chi connectivity index (χ1v) is 9.02. The van der Waals surface area contributed by atoms with Crippen molar-refractivity contribution in [2.24, 2.45) is 5.16 Å². The van der Waals surface area contributed by atoms with Crippen molar-refractivity contribution in [3.8, 4) is 5.75 Å². The van der Waals surface area contributed by atoms with Crippen LogP contribution in [-0.2, 0) is 4.84 Å². The number of amides is 1. The van der Waals surface area contributed by atoms with Crippen molar-refractivity contribution in [2.45, 2.75) is 25.9 Å². The number of rotatable bonds is 7. The minimum atomic E-state index is -0.417. The van der Waals surface area contributed by atoms with Gasteiger partial charge < -0.3 is 14.5 Å². The van der Waals surface area contributed by atoms with Crippen LogP contribution in [0.5, 0.6) is 5.75 Å². The average Bonchev–Trinajstić information content (AvgIpc) is 3.16. The van der Waals surface area contributed by atoms with Crippen LogP contribution in [0.2, 0.25) is 0 Å². The minimum Gasteiger partial charge on any atom is -0.497 e. The third-order valence-corrected chi connectivity index (χ3v) is 4.43. The van der Waals surface area contributed by atoms with E-state index < -0.39 is 5.82 Å². The van der Waals surface area contributed by atoms with Crippen LogP contribution in [0.15, 0.2) is 53.7 Å². The van der Waals surface area contributed by atoms with E-state index in [0.29, 0.717) is 25.1 Å². The van der Waals surface area contributed by atoms with Crippen molar-refractivity contribution in [2.75, 3.05) is 20.2 Å². The van der Waals surface area contributed by atoms with Gasteiger partial charge >= 0.3 is 0 Å². The maximum Gasteiger partial charge on any atom is 0.254 e. The number of methoxy groups -OCH3 is 1. The summed E-state index contributed by atoms with van der Waals surface area (Å²) in [6.45, 7) is 2.99. The van der Waals surface area contributed by atoms with Crippen LogP contribution in [0, 0.1) is 5.82 Å². The first-order valence-electron chi connectivity index (χ1n) is 9.02. The van der Waals surface area contributed by atoms with E-state index in [2.05, 4.69) is 5.16 Å². The van der Waals surface area contributed by atoms with Gasteiger partial charge in [-0.05, 0) is 54.4 Å². The Balaban J connectivity index is 1.65. The minimum absolute atomic E-state index is 0.196. The van der Waals surface area contributed by atoms with Gasteiger partial charge in [0.15, 0.2) is 6.10 Å². The molecule has 0 aliphatic carbocycles. The summed E-state index contributed by atoms with van der Waals surface area (Å²) in [4.78, 5) is 20.0. The Kier molecular flexibility index (Phi) is 6.06. The third kappa shape index (κ3) is 4.64. The van der Waals surface area contributed by atoms with Gasteiger partial charge in [0.25, 0.3) is 5.91 Å². The third-order valence-electron chi connectivity index (χ3n) is 4.43. The van der Waals surface area contributed by atoms with Crippen LogP contribution in [0.4, 0.5) is 4.39 Å². The maximum atomic E-state index is 13.5. The Morgan fingerprint density at radius 1 is 1.30 bits per heavy atom. The largest absolute Gasteiger partial charge is 0.497 e. The van der Waals surface area contributed by atoms with Gasteiger partial charge in [-0.3, -0.25) is 4.79 Å². The SMILES string of the molecule is CCCN(CC1CC(c2ccc(OC)cc2)=NO1)C(=O)c1cccc(F)c1. The lowest BCUT2D eigenvalue weighted by molar-refractivity contribution is 0.0423. The van der Waals surface area contributed by atoms with Crippen molar-refractivity contribution in [1.82, 2.24) is 4.90 Å². The Hall–Kier alpha value is -2.89. The molecular formula is C21H23FN2O3. The predicted molar refractivity (Wildman–Crippen MR) is 102 cm³/mol. The predicted octanol–water partition coefficient (Wildman–Crippen LogP) is 3.88. The zero-order valence-corrected chi connectivity index (χ0v) is 15.5. The summed E-state index contributed by atoms with van der Waals surface area (Å²) in [5.41, 5.74) is 2.16. The summed E-state index contributed by atoms with van der Waals surface area (Å²) in [6.07, 6.45) is 1.20. The highest BCUT2D eigenvalue weighted by Crippen LogP contribution is 2.21. The summed E-state index contributed by atoms with van der Waals surface area (Å²) < 4.78 is 18.6. The molecule has 3 rings (SSSR count). The van der Waals surface area contributed by atoms with Gasteiger partial charge in [0.05, 0.1) is 19.4 Å². The number of halogens is 1. The van der Waals surface area contributed by atoms with Gasteiger partial charge in [0.1, 0.15) is 11.6 Å². The van der Waals surface area contributed by atoms with E-state index in [-0.39, 0.29) is 12.0 Å². The number of hydrogen-bond acceptors (Lipinski definition) is 4. The molecule has 1 unspecified atom stereocenters. The number of oxime groups is 1. The van der Waals surface area contributed by atoms with Crippen molar-refractivity contribution in [1.29, 1.82) is 0 Å². The molecule has 2 aromatic rings. The molecule has 0 spiro atoms. The normalized spacial score (nSPS) is 15.8. The fourth-order valence-corrected chi connectivity index (χ4v) is 3.08. The highest BCUT2D eigenvalue weighted by molar-refractivity contribution is 6.01. The maximum absolute atomic E-state index is 13.5. The van der Waals surface area contributed by atoms with E-state index in [1.165, 1.54) is 12.1 Å². The van der Waals surface area contributed by atoms with Crippen molar-refractivity contribution < 1.29 is 18.8 Å². The Morgan fingerprint density at radius 2 is 2.07 bits per heavy atom. The van der Waals surface area contributed by atoms with Gasteiger partial charge in [0, 0.05) is 18.5 Å². The Labute approximate surface area is 158 Å². The zero-order valence-electron chi connectivity index (χ0n) is 15.5. The average molecular weight is 370 g/mol. The molecule has 1 amide bonds. The van der Waals surface area contributed by atoms with Gasteiger partial charge in [-0.2, -0.15) is 0 Å². The van der Waals surface area contributed by atoms with E-state index in [9.17, 15) is 9.18 Å². The van der Waals surface area contributed by atoms with Gasteiger partial charge in [-0.15, -0.1) is 0 Å². The molecule has 142 valence electrons. The van der Waals surface area contributed by atoms with Crippen LogP contribution >= 0.6 is 0 Å². The monoisotopic (exact) mass is 370 g/mol. The van der Waals surface area contributed by atoms with Crippen molar-refractivity contribution in [3.05, 3.63) is 65.5 Å². The molecule has 1 heterocycles. The molecule has 27 heavy (non-hydrogen) atoms. The summed E-state index contributed by atoms with van der Waals surface area (Å²) in [6, 6.07) is 13.4. The molecule has 2 aromatic carbocycles. The summed E-state index contributed by atoms with van der Waals surface area (Å²) in [5.74, 6) is 0.169. The first-order chi connectivity index (χ1) is 13.1. The van der Waals surface area contributed by atoms with Gasteiger partial charge in [-0.25, -0.2) is 4.39 Å². The molecule has 1 aliphatic heterocycles. The topological polar surface area (TPSA) is 51.1 Å². The molecule has 1 aliphatic rings. The van der Waals surface area contributed by atoms with E-state index in [0.717, 1.165) is 23.4 Å². The molecule has 0 radical (unpaired) electrons. The van der Waals surface area contributed by atoms with Crippen molar-refractivity contribution >= 4 is 11.6 Å². The van der Waals surface area contributed by atoms with Crippen LogP contribution in [0.3, 0.4) is 0 Å². The molecule has 0 N–H and O–H groups in total. The fourth-order valence-electron chi connectivity index (χ4n) is 3.08. The van der Waals surface area contributed by atoms with Gasteiger partial charge in [0.2, 0.25) is 0 Å². The molecular weight excluding hydrogens is 347 g/mol. The number of carbonyl (C=O) groups excluding carboxylic acids is 1. The Morgan fingerprint density at radius 3 is 2.74 bits per heavy atom. The zero-order chi connectivity index (χ0) is 19.2. The number of hydrogen-bond donors (Lipinski definition) is 0. The standard InChI is InChI=1S/C21H23FN2O3/c1-3-11-24(21(25)16-5-4-6-17(22)12-16)14-19-13-20(23-27-19)15-7-9-18(26-2)10-8-15/h4-10,12,19H,3,11,13-14H2,1-2H3. The number of ether oxygens (including phenoxy) is 1. The number of benzene rings is 2. The van der Waals surface area contributed by atoms with E-state index in [1.54, 1.807) is 24.1 Å². The van der Waals surface area contributed by atoms with E-state index in [4.69, 9.17) is 9.57 Å². The van der Waals surface area contributed by atoms with Crippen LogP contribution < -0.4 is 4.74 Å². The van der Waals surface area contributed by atoms with Crippen LogP contribution in [0.1, 0.15) is 35.7 Å². The van der Waals surface area contributed by atoms with Gasteiger partial charge in [-0.1, -0.05) is 18.1 Å². The molecule has 6 heteroatoms. The fraction of sp³-hybridized carbons (Fsp3) is 0.333. The van der Waals surface area contributed by atoms with E-state index >= 15 is 0 Å². The second kappa shape index (κ2) is 8.66. The number of nitrogens with zero attached hydrogens (tertiary/aromatic N) is 2. The summed E-state index contributed by atoms with van der Waals surface area (Å²) in [7, 11) is 1.62. The second-order valence-corrected chi connectivity index (χ2v) is 6.46. The molecule has 0 aromatic heterocycles. The smallest absolute Gasteiger partial charge is 0.254 e. The molecule has 1 atom stereocenters. The summed E-state index contributed by atoms with van der Waals surface area (Å²) >= 11 is 0. The Bertz CT molecular complexity index is 820. The number of carbonyl (C=O) groups is 1. The lowest BCUT2D eigenvalue weighted by Gasteiger charge is -2.24. The highest BCUT2D eigenvalue weighted by atomic mass is 19.1. The molecule has 0 saturated carbocycles. The first kappa shape index (κ1) is 18.9. The van der Waals surface area contributed by atoms with Crippen molar-refractivity contribution in [3.63, 3.8) is 0 Å². The van der Waals surface area contributed by atoms with E-state index in [1.807, 2.05) is 31.2 Å². The molecule has 0 bridgehead atoms. The molecule has 0 saturated heterocycles. The molecule has 5 nitrogen and oxygen atoms in total. The van der Waals surface area contributed by atoms with Crippen LogP contribution in [0.25, 0.3) is 0 Å². The lowest BCUT2D eigenvalue weighted by atomic mass is 10.0. The quantitative estimate of drug-likeness (QED) is 0.743. The summed E-state index contributed by atoms with van der Waals surface area (Å²) in [5, 5.41) is 4.18.